The van der Waals surface area contributed by atoms with Crippen molar-refractivity contribution in [2.45, 2.75) is 20.0 Å². The van der Waals surface area contributed by atoms with E-state index in [1.807, 2.05) is 68.4 Å². The van der Waals surface area contributed by atoms with Gasteiger partial charge in [-0.05, 0) is 68.5 Å². The highest BCUT2D eigenvalue weighted by Gasteiger charge is 2.16. The molecule has 0 heterocycles. The second-order valence-electron chi connectivity index (χ2n) is 7.25. The number of ether oxygens (including phenoxy) is 3. The van der Waals surface area contributed by atoms with Gasteiger partial charge in [0.25, 0.3) is 5.91 Å². The summed E-state index contributed by atoms with van der Waals surface area (Å²) in [5, 5.41) is 5.87. The first-order valence-corrected chi connectivity index (χ1v) is 11.6. The Morgan fingerprint density at radius 2 is 1.64 bits per heavy atom. The van der Waals surface area contributed by atoms with Gasteiger partial charge in [0, 0.05) is 16.2 Å². The van der Waals surface area contributed by atoms with E-state index in [2.05, 4.69) is 26.6 Å². The van der Waals surface area contributed by atoms with E-state index in [1.54, 1.807) is 18.2 Å². The lowest BCUT2D eigenvalue weighted by Gasteiger charge is -2.15. The first kappa shape index (κ1) is 24.5. The van der Waals surface area contributed by atoms with Crippen LogP contribution < -0.4 is 24.8 Å². The largest absolute Gasteiger partial charge is 0.490 e. The monoisotopic (exact) mass is 528 g/mol. The van der Waals surface area contributed by atoms with E-state index in [1.165, 1.54) is 0 Å². The van der Waals surface area contributed by atoms with E-state index in [4.69, 9.17) is 26.4 Å². The molecular weight excluding hydrogens is 504 g/mol. The van der Waals surface area contributed by atoms with Crippen LogP contribution in [0.4, 0.5) is 5.69 Å². The van der Waals surface area contributed by atoms with Crippen molar-refractivity contribution in [1.29, 1.82) is 0 Å². The number of nitrogens with one attached hydrogen (secondary N) is 2. The van der Waals surface area contributed by atoms with E-state index >= 15 is 0 Å². The molecule has 0 atom stereocenters. The van der Waals surface area contributed by atoms with Crippen LogP contribution >= 0.6 is 28.1 Å². The Kier molecular flexibility index (Phi) is 9.09. The molecule has 33 heavy (non-hydrogen) atoms. The van der Waals surface area contributed by atoms with E-state index in [9.17, 15) is 4.79 Å². The van der Waals surface area contributed by atoms with Crippen molar-refractivity contribution in [3.63, 3.8) is 0 Å². The molecule has 0 saturated heterocycles. The van der Waals surface area contributed by atoms with Crippen LogP contribution in [0, 0.1) is 0 Å². The second kappa shape index (κ2) is 12.2. The molecule has 0 fully saturated rings. The minimum atomic E-state index is -0.366. The SMILES string of the molecule is CC(C)Oc1ccc(Br)cc1C(=O)NC(=S)Nc1cccc(OCCOc2ccccc2)c1. The topological polar surface area (TPSA) is 68.8 Å². The Labute approximate surface area is 207 Å². The van der Waals surface area contributed by atoms with Crippen LogP contribution in [0.2, 0.25) is 0 Å². The number of halogens is 1. The Morgan fingerprint density at radius 3 is 2.36 bits per heavy atom. The lowest BCUT2D eigenvalue weighted by Crippen LogP contribution is -2.34. The standard InChI is InChI=1S/C25H25BrN2O4S/c1-17(2)32-23-12-11-18(26)15-22(23)24(29)28-25(33)27-19-7-6-10-21(16-19)31-14-13-30-20-8-4-3-5-9-20/h3-12,15-17H,13-14H2,1-2H3,(H2,27,28,29,33). The molecule has 0 radical (unpaired) electrons. The molecule has 0 aliphatic rings. The quantitative estimate of drug-likeness (QED) is 0.269. The molecule has 3 aromatic carbocycles. The number of carbonyl (C=O) groups is 1. The molecule has 0 aliphatic heterocycles. The molecule has 3 rings (SSSR count). The third-order valence-electron chi connectivity index (χ3n) is 4.23. The van der Waals surface area contributed by atoms with Gasteiger partial charge in [0.1, 0.15) is 30.5 Å². The molecule has 0 unspecified atom stereocenters. The van der Waals surface area contributed by atoms with Gasteiger partial charge in [-0.25, -0.2) is 0 Å². The van der Waals surface area contributed by atoms with Crippen LogP contribution in [0.1, 0.15) is 24.2 Å². The zero-order chi connectivity index (χ0) is 23.6. The Morgan fingerprint density at radius 1 is 0.939 bits per heavy atom. The van der Waals surface area contributed by atoms with Gasteiger partial charge in [-0.15, -0.1) is 0 Å². The van der Waals surface area contributed by atoms with Crippen molar-refractivity contribution in [1.82, 2.24) is 5.32 Å². The van der Waals surface area contributed by atoms with Gasteiger partial charge in [0.05, 0.1) is 11.7 Å². The Hall–Kier alpha value is -3.10. The van der Waals surface area contributed by atoms with Crippen molar-refractivity contribution >= 4 is 44.9 Å². The number of para-hydroxylation sites is 1. The fraction of sp³-hybridized carbons (Fsp3) is 0.200. The molecule has 6 nitrogen and oxygen atoms in total. The highest BCUT2D eigenvalue weighted by atomic mass is 79.9. The molecule has 2 N–H and O–H groups in total. The maximum atomic E-state index is 12.8. The average molecular weight is 529 g/mol. The minimum Gasteiger partial charge on any atom is -0.490 e. The first-order chi connectivity index (χ1) is 15.9. The van der Waals surface area contributed by atoms with Gasteiger partial charge in [-0.3, -0.25) is 10.1 Å². The molecule has 0 spiro atoms. The molecule has 8 heteroatoms. The van der Waals surface area contributed by atoms with Crippen LogP contribution in [0.3, 0.4) is 0 Å². The Balaban J connectivity index is 1.53. The number of hydrogen-bond donors (Lipinski definition) is 2. The summed E-state index contributed by atoms with van der Waals surface area (Å²) in [6.45, 7) is 4.61. The first-order valence-electron chi connectivity index (χ1n) is 10.4. The smallest absolute Gasteiger partial charge is 0.261 e. The van der Waals surface area contributed by atoms with E-state index in [-0.39, 0.29) is 17.1 Å². The number of thiocarbonyl (C=S) groups is 1. The fourth-order valence-corrected chi connectivity index (χ4v) is 3.44. The van der Waals surface area contributed by atoms with Crippen LogP contribution in [-0.4, -0.2) is 30.3 Å². The number of anilines is 1. The lowest BCUT2D eigenvalue weighted by atomic mass is 10.2. The fourth-order valence-electron chi connectivity index (χ4n) is 2.87. The number of amides is 1. The van der Waals surface area contributed by atoms with Gasteiger partial charge in [0.2, 0.25) is 0 Å². The maximum absolute atomic E-state index is 12.8. The molecule has 172 valence electrons. The van der Waals surface area contributed by atoms with Crippen LogP contribution in [0.15, 0.2) is 77.3 Å². The molecule has 1 amide bonds. The molecule has 3 aromatic rings. The lowest BCUT2D eigenvalue weighted by molar-refractivity contribution is 0.0972. The zero-order valence-electron chi connectivity index (χ0n) is 18.3. The number of carbonyl (C=O) groups excluding carboxylic acids is 1. The van der Waals surface area contributed by atoms with Gasteiger partial charge < -0.3 is 19.5 Å². The predicted octanol–water partition coefficient (Wildman–Crippen LogP) is 5.82. The summed E-state index contributed by atoms with van der Waals surface area (Å²) >= 11 is 8.71. The van der Waals surface area contributed by atoms with E-state index in [0.717, 1.165) is 10.2 Å². The molecule has 0 aromatic heterocycles. The highest BCUT2D eigenvalue weighted by Crippen LogP contribution is 2.24. The minimum absolute atomic E-state index is 0.0661. The van der Waals surface area contributed by atoms with Crippen LogP contribution in [-0.2, 0) is 0 Å². The Bertz CT molecular complexity index is 1090. The van der Waals surface area contributed by atoms with Crippen LogP contribution in [0.25, 0.3) is 0 Å². The molecule has 0 aliphatic carbocycles. The third kappa shape index (κ3) is 8.07. The van der Waals surface area contributed by atoms with Crippen molar-refractivity contribution in [3.8, 4) is 17.2 Å². The molecule has 0 saturated carbocycles. The summed E-state index contributed by atoms with van der Waals surface area (Å²) in [6.07, 6.45) is -0.0661. The third-order valence-corrected chi connectivity index (χ3v) is 4.93. The summed E-state index contributed by atoms with van der Waals surface area (Å²) in [7, 11) is 0. The molecular formula is C25H25BrN2O4S. The highest BCUT2D eigenvalue weighted by molar-refractivity contribution is 9.10. The number of hydrogen-bond acceptors (Lipinski definition) is 5. The van der Waals surface area contributed by atoms with Crippen molar-refractivity contribution in [3.05, 3.63) is 82.8 Å². The van der Waals surface area contributed by atoms with E-state index in [0.29, 0.717) is 36.0 Å². The summed E-state index contributed by atoms with van der Waals surface area (Å²) in [6, 6.07) is 22.1. The summed E-state index contributed by atoms with van der Waals surface area (Å²) in [5.74, 6) is 1.58. The number of rotatable bonds is 9. The van der Waals surface area contributed by atoms with Gasteiger partial charge in [-0.2, -0.15) is 0 Å². The van der Waals surface area contributed by atoms with Crippen molar-refractivity contribution in [2.75, 3.05) is 18.5 Å². The zero-order valence-corrected chi connectivity index (χ0v) is 20.7. The normalized spacial score (nSPS) is 10.4. The average Bonchev–Trinajstić information content (AvgIpc) is 2.78. The number of benzene rings is 3. The second-order valence-corrected chi connectivity index (χ2v) is 8.58. The summed E-state index contributed by atoms with van der Waals surface area (Å²) in [4.78, 5) is 12.8. The molecule has 0 bridgehead atoms. The van der Waals surface area contributed by atoms with Crippen LogP contribution in [0.5, 0.6) is 17.2 Å². The summed E-state index contributed by atoms with van der Waals surface area (Å²) < 4.78 is 17.9. The maximum Gasteiger partial charge on any atom is 0.261 e. The summed E-state index contributed by atoms with van der Waals surface area (Å²) in [5.41, 5.74) is 1.08. The van der Waals surface area contributed by atoms with Crippen molar-refractivity contribution < 1.29 is 19.0 Å². The van der Waals surface area contributed by atoms with E-state index < -0.39 is 0 Å². The van der Waals surface area contributed by atoms with Gasteiger partial charge in [0.15, 0.2) is 5.11 Å². The van der Waals surface area contributed by atoms with Gasteiger partial charge >= 0.3 is 0 Å². The van der Waals surface area contributed by atoms with Gasteiger partial charge in [-0.1, -0.05) is 40.2 Å². The predicted molar refractivity (Wildman–Crippen MR) is 137 cm³/mol. The van der Waals surface area contributed by atoms with Crippen molar-refractivity contribution in [2.24, 2.45) is 0 Å².